The number of rotatable bonds is 2. The van der Waals surface area contributed by atoms with Gasteiger partial charge in [0.15, 0.2) is 5.82 Å². The molecule has 0 atom stereocenters. The standard InChI is InChI=1S/C15H17N5O/c1-10-11(2)18-14(12-4-3-5-16-8-12)19-15(10)20-7-6-17-13(21)9-20/h3-5,8H,6-7,9H2,1-2H3,(H,17,21). The van der Waals surface area contributed by atoms with Crippen molar-refractivity contribution in [3.05, 3.63) is 35.8 Å². The molecule has 1 aliphatic rings. The van der Waals surface area contributed by atoms with Crippen LogP contribution in [0.25, 0.3) is 11.4 Å². The van der Waals surface area contributed by atoms with Crippen molar-refractivity contribution in [1.29, 1.82) is 0 Å². The highest BCUT2D eigenvalue weighted by atomic mass is 16.2. The predicted octanol–water partition coefficient (Wildman–Crippen LogP) is 1.09. The molecular weight excluding hydrogens is 266 g/mol. The molecular formula is C15H17N5O. The van der Waals surface area contributed by atoms with Gasteiger partial charge in [0.2, 0.25) is 5.91 Å². The summed E-state index contributed by atoms with van der Waals surface area (Å²) in [5.41, 5.74) is 2.81. The molecule has 0 aliphatic carbocycles. The second kappa shape index (κ2) is 5.47. The molecule has 0 aromatic carbocycles. The maximum atomic E-state index is 11.6. The van der Waals surface area contributed by atoms with Crippen molar-refractivity contribution in [2.75, 3.05) is 24.5 Å². The molecule has 1 saturated heterocycles. The van der Waals surface area contributed by atoms with Crippen molar-refractivity contribution in [3.8, 4) is 11.4 Å². The first kappa shape index (κ1) is 13.5. The second-order valence-electron chi connectivity index (χ2n) is 5.09. The molecule has 0 bridgehead atoms. The van der Waals surface area contributed by atoms with Gasteiger partial charge in [0.1, 0.15) is 5.82 Å². The fraction of sp³-hybridized carbons (Fsp3) is 0.333. The molecule has 6 heteroatoms. The summed E-state index contributed by atoms with van der Waals surface area (Å²) in [6, 6.07) is 3.80. The van der Waals surface area contributed by atoms with Gasteiger partial charge < -0.3 is 10.2 Å². The molecule has 0 saturated carbocycles. The van der Waals surface area contributed by atoms with Gasteiger partial charge >= 0.3 is 0 Å². The maximum Gasteiger partial charge on any atom is 0.239 e. The summed E-state index contributed by atoms with van der Waals surface area (Å²) in [7, 11) is 0. The number of amides is 1. The molecule has 3 heterocycles. The Morgan fingerprint density at radius 1 is 1.29 bits per heavy atom. The first-order valence-electron chi connectivity index (χ1n) is 6.92. The van der Waals surface area contributed by atoms with Gasteiger partial charge in [-0.2, -0.15) is 0 Å². The van der Waals surface area contributed by atoms with Crippen LogP contribution in [0.2, 0.25) is 0 Å². The van der Waals surface area contributed by atoms with E-state index in [2.05, 4.69) is 20.3 Å². The average Bonchev–Trinajstić information content (AvgIpc) is 2.51. The lowest BCUT2D eigenvalue weighted by molar-refractivity contribution is -0.120. The van der Waals surface area contributed by atoms with Crippen LogP contribution in [0.3, 0.4) is 0 Å². The van der Waals surface area contributed by atoms with E-state index in [1.54, 1.807) is 12.4 Å². The van der Waals surface area contributed by atoms with E-state index in [9.17, 15) is 4.79 Å². The van der Waals surface area contributed by atoms with Gasteiger partial charge in [-0.05, 0) is 26.0 Å². The lowest BCUT2D eigenvalue weighted by Crippen LogP contribution is -2.48. The van der Waals surface area contributed by atoms with Crippen LogP contribution in [-0.4, -0.2) is 40.5 Å². The largest absolute Gasteiger partial charge is 0.353 e. The van der Waals surface area contributed by atoms with Crippen LogP contribution in [-0.2, 0) is 4.79 Å². The number of carbonyl (C=O) groups is 1. The second-order valence-corrected chi connectivity index (χ2v) is 5.09. The molecule has 3 rings (SSSR count). The number of pyridine rings is 1. The van der Waals surface area contributed by atoms with Crippen LogP contribution < -0.4 is 10.2 Å². The Bertz CT molecular complexity index is 671. The summed E-state index contributed by atoms with van der Waals surface area (Å²) in [4.78, 5) is 26.9. The van der Waals surface area contributed by atoms with Crippen LogP contribution in [0.5, 0.6) is 0 Å². The van der Waals surface area contributed by atoms with E-state index in [1.807, 2.05) is 30.9 Å². The van der Waals surface area contributed by atoms with Crippen LogP contribution in [0.1, 0.15) is 11.3 Å². The third kappa shape index (κ3) is 2.69. The normalized spacial score (nSPS) is 15.0. The van der Waals surface area contributed by atoms with Crippen molar-refractivity contribution >= 4 is 11.7 Å². The molecule has 108 valence electrons. The Morgan fingerprint density at radius 3 is 2.86 bits per heavy atom. The Balaban J connectivity index is 2.04. The molecule has 1 aliphatic heterocycles. The van der Waals surface area contributed by atoms with Gasteiger partial charge in [-0.1, -0.05) is 0 Å². The minimum atomic E-state index is 0.0276. The van der Waals surface area contributed by atoms with E-state index in [1.165, 1.54) is 0 Å². The smallest absolute Gasteiger partial charge is 0.239 e. The molecule has 0 spiro atoms. The fourth-order valence-corrected chi connectivity index (χ4v) is 2.37. The first-order valence-corrected chi connectivity index (χ1v) is 6.92. The Labute approximate surface area is 123 Å². The third-order valence-corrected chi connectivity index (χ3v) is 3.62. The predicted molar refractivity (Wildman–Crippen MR) is 80.0 cm³/mol. The summed E-state index contributed by atoms with van der Waals surface area (Å²) in [5.74, 6) is 1.50. The van der Waals surface area contributed by atoms with Gasteiger partial charge in [0.05, 0.1) is 6.54 Å². The summed E-state index contributed by atoms with van der Waals surface area (Å²) in [6.45, 7) is 5.69. The van der Waals surface area contributed by atoms with Crippen LogP contribution in [0, 0.1) is 13.8 Å². The van der Waals surface area contributed by atoms with Gasteiger partial charge in [-0.3, -0.25) is 9.78 Å². The van der Waals surface area contributed by atoms with Crippen LogP contribution >= 0.6 is 0 Å². The summed E-state index contributed by atoms with van der Waals surface area (Å²) in [6.07, 6.45) is 3.47. The number of aryl methyl sites for hydroxylation is 1. The van der Waals surface area contributed by atoms with Crippen molar-refractivity contribution in [2.45, 2.75) is 13.8 Å². The lowest BCUT2D eigenvalue weighted by Gasteiger charge is -2.29. The molecule has 6 nitrogen and oxygen atoms in total. The zero-order chi connectivity index (χ0) is 14.8. The molecule has 1 amide bonds. The van der Waals surface area contributed by atoms with E-state index >= 15 is 0 Å². The number of piperazine rings is 1. The topological polar surface area (TPSA) is 71.0 Å². The Hall–Kier alpha value is -2.50. The quantitative estimate of drug-likeness (QED) is 0.893. The van der Waals surface area contributed by atoms with Gasteiger partial charge in [-0.25, -0.2) is 9.97 Å². The third-order valence-electron chi connectivity index (χ3n) is 3.62. The Kier molecular flexibility index (Phi) is 3.51. The lowest BCUT2D eigenvalue weighted by atomic mass is 10.2. The highest BCUT2D eigenvalue weighted by molar-refractivity contribution is 5.82. The SMILES string of the molecule is Cc1nc(-c2cccnc2)nc(N2CCNC(=O)C2)c1C. The van der Waals surface area contributed by atoms with E-state index < -0.39 is 0 Å². The van der Waals surface area contributed by atoms with Crippen molar-refractivity contribution < 1.29 is 4.79 Å². The van der Waals surface area contributed by atoms with E-state index in [-0.39, 0.29) is 5.91 Å². The zero-order valence-corrected chi connectivity index (χ0v) is 12.1. The molecule has 2 aromatic heterocycles. The number of hydrogen-bond donors (Lipinski definition) is 1. The minimum absolute atomic E-state index is 0.0276. The number of nitrogens with one attached hydrogen (secondary N) is 1. The monoisotopic (exact) mass is 283 g/mol. The van der Waals surface area contributed by atoms with E-state index in [0.29, 0.717) is 18.9 Å². The summed E-state index contributed by atoms with van der Waals surface area (Å²) in [5, 5.41) is 2.83. The Morgan fingerprint density at radius 2 is 2.14 bits per heavy atom. The number of hydrogen-bond acceptors (Lipinski definition) is 5. The molecule has 2 aromatic rings. The van der Waals surface area contributed by atoms with Crippen LogP contribution in [0.15, 0.2) is 24.5 Å². The number of nitrogens with zero attached hydrogens (tertiary/aromatic N) is 4. The van der Waals surface area contributed by atoms with Gasteiger partial charge in [0, 0.05) is 42.3 Å². The molecule has 21 heavy (non-hydrogen) atoms. The molecule has 0 unspecified atom stereocenters. The maximum absolute atomic E-state index is 11.6. The summed E-state index contributed by atoms with van der Waals surface area (Å²) < 4.78 is 0. The molecule has 1 N–H and O–H groups in total. The number of carbonyl (C=O) groups excluding carboxylic acids is 1. The number of anilines is 1. The summed E-state index contributed by atoms with van der Waals surface area (Å²) >= 11 is 0. The van der Waals surface area contributed by atoms with E-state index in [0.717, 1.165) is 29.2 Å². The number of aromatic nitrogens is 3. The van der Waals surface area contributed by atoms with Crippen molar-refractivity contribution in [1.82, 2.24) is 20.3 Å². The average molecular weight is 283 g/mol. The first-order chi connectivity index (χ1) is 10.1. The molecule has 1 fully saturated rings. The van der Waals surface area contributed by atoms with Crippen LogP contribution in [0.4, 0.5) is 5.82 Å². The van der Waals surface area contributed by atoms with Crippen molar-refractivity contribution in [2.24, 2.45) is 0 Å². The van der Waals surface area contributed by atoms with Gasteiger partial charge in [-0.15, -0.1) is 0 Å². The van der Waals surface area contributed by atoms with Crippen molar-refractivity contribution in [3.63, 3.8) is 0 Å². The zero-order valence-electron chi connectivity index (χ0n) is 12.1. The minimum Gasteiger partial charge on any atom is -0.353 e. The highest BCUT2D eigenvalue weighted by Gasteiger charge is 2.21. The van der Waals surface area contributed by atoms with E-state index in [4.69, 9.17) is 0 Å². The van der Waals surface area contributed by atoms with Gasteiger partial charge in [0.25, 0.3) is 0 Å². The fourth-order valence-electron chi connectivity index (χ4n) is 2.37. The highest BCUT2D eigenvalue weighted by Crippen LogP contribution is 2.24. The molecule has 0 radical (unpaired) electrons.